The number of pyridine rings is 1. The summed E-state index contributed by atoms with van der Waals surface area (Å²) in [5.74, 6) is -1.88. The Morgan fingerprint density at radius 3 is 2.35 bits per heavy atom. The SMILES string of the molecule is C=C(NCC(C)(C)C(C)(C)C(=C)C)c1cccc(-c2nc(NC(=C)C3(C4=C/CCC(F)(F)CC/C=C\4)CC3)ccc2C)c1. The van der Waals surface area contributed by atoms with Crippen molar-refractivity contribution in [2.45, 2.75) is 86.0 Å². The van der Waals surface area contributed by atoms with Crippen molar-refractivity contribution in [1.82, 2.24) is 10.3 Å². The molecule has 1 aromatic heterocycles. The maximum atomic E-state index is 14.0. The first-order valence-corrected chi connectivity index (χ1v) is 15.5. The van der Waals surface area contributed by atoms with Gasteiger partial charge in [-0.2, -0.15) is 0 Å². The van der Waals surface area contributed by atoms with Crippen LogP contribution in [0.25, 0.3) is 17.0 Å². The monoisotopic (exact) mass is 585 g/mol. The Labute approximate surface area is 258 Å². The molecule has 0 saturated heterocycles. The van der Waals surface area contributed by atoms with Crippen LogP contribution in [0.5, 0.6) is 0 Å². The highest BCUT2D eigenvalue weighted by atomic mass is 19.3. The predicted molar refractivity (Wildman–Crippen MR) is 179 cm³/mol. The fraction of sp³-hybridized carbons (Fsp3) is 0.447. The van der Waals surface area contributed by atoms with Gasteiger partial charge in [-0.25, -0.2) is 13.8 Å². The number of halogens is 2. The molecule has 0 radical (unpaired) electrons. The van der Waals surface area contributed by atoms with Crippen LogP contribution in [0.2, 0.25) is 0 Å². The van der Waals surface area contributed by atoms with Gasteiger partial charge in [-0.05, 0) is 79.2 Å². The van der Waals surface area contributed by atoms with Crippen molar-refractivity contribution in [2.75, 3.05) is 11.9 Å². The lowest BCUT2D eigenvalue weighted by Gasteiger charge is -2.43. The molecule has 1 heterocycles. The van der Waals surface area contributed by atoms with Crippen LogP contribution in [0.4, 0.5) is 14.6 Å². The minimum atomic E-state index is -2.61. The molecule has 2 aliphatic rings. The van der Waals surface area contributed by atoms with Gasteiger partial charge in [0.2, 0.25) is 5.92 Å². The summed E-state index contributed by atoms with van der Waals surface area (Å²) in [6.07, 6.45) is 8.34. The van der Waals surface area contributed by atoms with Crippen molar-refractivity contribution < 1.29 is 8.78 Å². The number of anilines is 1. The summed E-state index contributed by atoms with van der Waals surface area (Å²) in [7, 11) is 0. The third-order valence-electron chi connectivity index (χ3n) is 10.1. The summed E-state index contributed by atoms with van der Waals surface area (Å²) >= 11 is 0. The van der Waals surface area contributed by atoms with Crippen LogP contribution in [0.1, 0.15) is 84.3 Å². The van der Waals surface area contributed by atoms with Gasteiger partial charge in [-0.3, -0.25) is 0 Å². The van der Waals surface area contributed by atoms with Crippen LogP contribution in [0.3, 0.4) is 0 Å². The molecule has 4 rings (SSSR count). The zero-order chi connectivity index (χ0) is 31.6. The first kappa shape index (κ1) is 32.4. The molecule has 1 saturated carbocycles. The van der Waals surface area contributed by atoms with Gasteiger partial charge >= 0.3 is 0 Å². The molecular formula is C38H49F2N3. The Hall–Kier alpha value is -3.47. The van der Waals surface area contributed by atoms with Gasteiger partial charge in [0.1, 0.15) is 5.82 Å². The van der Waals surface area contributed by atoms with Gasteiger partial charge in [0, 0.05) is 41.8 Å². The number of hydrogen-bond donors (Lipinski definition) is 2. The van der Waals surface area contributed by atoms with E-state index < -0.39 is 5.92 Å². The van der Waals surface area contributed by atoms with Gasteiger partial charge in [-0.15, -0.1) is 0 Å². The van der Waals surface area contributed by atoms with Gasteiger partial charge < -0.3 is 10.6 Å². The topological polar surface area (TPSA) is 37.0 Å². The molecule has 5 heteroatoms. The van der Waals surface area contributed by atoms with Gasteiger partial charge in [0.25, 0.3) is 0 Å². The average molecular weight is 586 g/mol. The van der Waals surface area contributed by atoms with E-state index in [1.54, 1.807) is 0 Å². The van der Waals surface area contributed by atoms with E-state index in [1.165, 1.54) is 0 Å². The summed E-state index contributed by atoms with van der Waals surface area (Å²) in [6, 6.07) is 12.4. The Balaban J connectivity index is 1.50. The normalized spacial score (nSPS) is 20.0. The number of rotatable bonds is 11. The summed E-state index contributed by atoms with van der Waals surface area (Å²) < 4.78 is 28.1. The van der Waals surface area contributed by atoms with Crippen molar-refractivity contribution in [3.05, 3.63) is 102 Å². The van der Waals surface area contributed by atoms with Crippen molar-refractivity contribution >= 4 is 11.5 Å². The van der Waals surface area contributed by atoms with E-state index >= 15 is 0 Å². The Bertz CT molecular complexity index is 1450. The summed E-state index contributed by atoms with van der Waals surface area (Å²) in [5.41, 5.74) is 7.69. The molecular weight excluding hydrogens is 536 g/mol. The molecule has 0 amide bonds. The third-order valence-corrected chi connectivity index (χ3v) is 10.1. The fourth-order valence-corrected chi connectivity index (χ4v) is 5.63. The molecule has 43 heavy (non-hydrogen) atoms. The standard InChI is InChI=1S/C38H49F2N3/c1-26(2)36(8,9)35(6,7)25-41-28(4)30-14-12-15-31(24-30)34-27(3)18-19-33(43-34)42-29(5)37(22-23-37)32-16-10-11-20-38(39,40)21-13-17-32/h10,12,14-19,24,41H,1,4-5,11,13,20-23,25H2,2-3,6-9H3,(H,42,43)/b16-10-,32-17+. The molecule has 2 aliphatic carbocycles. The van der Waals surface area contributed by atoms with Crippen molar-refractivity contribution in [2.24, 2.45) is 16.2 Å². The van der Waals surface area contributed by atoms with Crippen LogP contribution in [-0.4, -0.2) is 17.5 Å². The highest BCUT2D eigenvalue weighted by molar-refractivity contribution is 5.72. The summed E-state index contributed by atoms with van der Waals surface area (Å²) in [6.45, 7) is 26.9. The number of nitrogens with one attached hydrogen (secondary N) is 2. The maximum Gasteiger partial charge on any atom is 0.248 e. The molecule has 0 unspecified atom stereocenters. The number of aryl methyl sites for hydroxylation is 1. The largest absolute Gasteiger partial charge is 0.384 e. The van der Waals surface area contributed by atoms with E-state index in [0.717, 1.165) is 70.1 Å². The van der Waals surface area contributed by atoms with Crippen molar-refractivity contribution in [3.63, 3.8) is 0 Å². The number of allylic oxidation sites excluding steroid dienone is 5. The first-order valence-electron chi connectivity index (χ1n) is 15.5. The van der Waals surface area contributed by atoms with Crippen LogP contribution in [-0.2, 0) is 0 Å². The van der Waals surface area contributed by atoms with E-state index in [2.05, 4.69) is 96.2 Å². The second-order valence-corrected chi connectivity index (χ2v) is 13.7. The van der Waals surface area contributed by atoms with Gasteiger partial charge in [0.05, 0.1) is 5.69 Å². The Morgan fingerprint density at radius 1 is 0.977 bits per heavy atom. The molecule has 0 bridgehead atoms. The summed E-state index contributed by atoms with van der Waals surface area (Å²) in [5, 5.41) is 7.05. The fourth-order valence-electron chi connectivity index (χ4n) is 5.63. The first-order chi connectivity index (χ1) is 20.1. The lowest BCUT2D eigenvalue weighted by atomic mass is 9.64. The van der Waals surface area contributed by atoms with Crippen LogP contribution in [0.15, 0.2) is 91.2 Å². The Morgan fingerprint density at radius 2 is 1.67 bits per heavy atom. The number of nitrogens with zero attached hydrogens (tertiary/aromatic N) is 1. The third kappa shape index (κ3) is 7.20. The highest BCUT2D eigenvalue weighted by Crippen LogP contribution is 2.57. The number of alkyl halides is 2. The second-order valence-electron chi connectivity index (χ2n) is 13.7. The Kier molecular flexibility index (Phi) is 9.25. The van der Waals surface area contributed by atoms with Crippen LogP contribution in [0, 0.1) is 23.2 Å². The molecule has 3 nitrogen and oxygen atoms in total. The molecule has 2 aromatic rings. The molecule has 1 fully saturated rings. The van der Waals surface area contributed by atoms with E-state index in [1.807, 2.05) is 30.4 Å². The van der Waals surface area contributed by atoms with Gasteiger partial charge in [-0.1, -0.05) is 95.5 Å². The summed E-state index contributed by atoms with van der Waals surface area (Å²) in [4.78, 5) is 5.01. The average Bonchev–Trinajstić information content (AvgIpc) is 3.75. The molecule has 2 N–H and O–H groups in total. The van der Waals surface area contributed by atoms with Crippen molar-refractivity contribution in [3.8, 4) is 11.3 Å². The number of aromatic nitrogens is 1. The van der Waals surface area contributed by atoms with Gasteiger partial charge in [0.15, 0.2) is 0 Å². The molecule has 0 spiro atoms. The minimum absolute atomic E-state index is 0.0229. The molecule has 0 atom stereocenters. The van der Waals surface area contributed by atoms with E-state index in [0.29, 0.717) is 12.8 Å². The van der Waals surface area contributed by atoms with E-state index in [9.17, 15) is 8.78 Å². The predicted octanol–water partition coefficient (Wildman–Crippen LogP) is 10.6. The highest BCUT2D eigenvalue weighted by Gasteiger charge is 2.48. The number of benzene rings is 1. The zero-order valence-electron chi connectivity index (χ0n) is 27.0. The molecule has 0 aliphatic heterocycles. The quantitative estimate of drug-likeness (QED) is 0.258. The smallest absolute Gasteiger partial charge is 0.248 e. The molecule has 230 valence electrons. The lowest BCUT2D eigenvalue weighted by molar-refractivity contribution is -0.0141. The number of hydrogen-bond acceptors (Lipinski definition) is 3. The zero-order valence-corrected chi connectivity index (χ0v) is 27.0. The second kappa shape index (κ2) is 12.3. The maximum absolute atomic E-state index is 14.0. The van der Waals surface area contributed by atoms with E-state index in [4.69, 9.17) is 4.98 Å². The van der Waals surface area contributed by atoms with Crippen LogP contribution < -0.4 is 10.6 Å². The molecule has 1 aromatic carbocycles. The van der Waals surface area contributed by atoms with Crippen molar-refractivity contribution in [1.29, 1.82) is 0 Å². The van der Waals surface area contributed by atoms with Crippen LogP contribution >= 0.6 is 0 Å². The minimum Gasteiger partial charge on any atom is -0.384 e. The van der Waals surface area contributed by atoms with E-state index in [-0.39, 0.29) is 29.1 Å². The lowest BCUT2D eigenvalue weighted by Crippen LogP contribution is -2.41.